The molecule has 0 fully saturated rings. The summed E-state index contributed by atoms with van der Waals surface area (Å²) in [6.45, 7) is 1.70. The molecule has 2 aromatic carbocycles. The normalized spacial score (nSPS) is 18.0. The predicted octanol–water partition coefficient (Wildman–Crippen LogP) is 3.99. The smallest absolute Gasteiger partial charge is 0.374 e. The summed E-state index contributed by atoms with van der Waals surface area (Å²) >= 11 is 0. The molecular weight excluding hydrogens is 357 g/mol. The summed E-state index contributed by atoms with van der Waals surface area (Å²) in [7, 11) is -4.63. The van der Waals surface area contributed by atoms with Crippen molar-refractivity contribution in [2.45, 2.75) is 30.7 Å². The Balaban J connectivity index is 2.00. The van der Waals surface area contributed by atoms with Crippen LogP contribution < -0.4 is 0 Å². The molecular formula is C17H15F3O4S. The molecule has 8 heteroatoms. The molecule has 0 amide bonds. The molecule has 0 radical (unpaired) electrons. The van der Waals surface area contributed by atoms with Crippen LogP contribution in [0.1, 0.15) is 28.4 Å². The molecule has 0 N–H and O–H groups in total. The highest BCUT2D eigenvalue weighted by Gasteiger charge is 2.39. The van der Waals surface area contributed by atoms with E-state index in [0.29, 0.717) is 17.7 Å². The van der Waals surface area contributed by atoms with E-state index in [4.69, 9.17) is 8.92 Å². The first-order valence-electron chi connectivity index (χ1n) is 7.45. The Morgan fingerprint density at radius 1 is 1.16 bits per heavy atom. The van der Waals surface area contributed by atoms with Crippen LogP contribution in [0.5, 0.6) is 0 Å². The molecule has 1 aliphatic rings. The summed E-state index contributed by atoms with van der Waals surface area (Å²) in [4.78, 5) is -0.895. The minimum atomic E-state index is -4.81. The number of fused-ring (bicyclic) bond motifs is 1. The zero-order valence-corrected chi connectivity index (χ0v) is 14.0. The van der Waals surface area contributed by atoms with Crippen molar-refractivity contribution in [2.24, 2.45) is 0 Å². The molecule has 25 heavy (non-hydrogen) atoms. The van der Waals surface area contributed by atoms with Gasteiger partial charge in [-0.2, -0.15) is 21.6 Å². The minimum absolute atomic E-state index is 0.0521. The summed E-state index contributed by atoms with van der Waals surface area (Å²) in [5.74, 6) is 0. The monoisotopic (exact) mass is 372 g/mol. The van der Waals surface area contributed by atoms with Crippen LogP contribution in [0.25, 0.3) is 0 Å². The first kappa shape index (κ1) is 17.9. The molecule has 1 atom stereocenters. The lowest BCUT2D eigenvalue weighted by Gasteiger charge is -2.25. The van der Waals surface area contributed by atoms with Crippen LogP contribution in [0.4, 0.5) is 13.2 Å². The summed E-state index contributed by atoms with van der Waals surface area (Å²) in [5.41, 5.74) is 0.405. The van der Waals surface area contributed by atoms with Crippen LogP contribution in [0.2, 0.25) is 0 Å². The first-order chi connectivity index (χ1) is 11.7. The SMILES string of the molecule is Cc1ccc(S(=O)(=O)OC2COCc3ccccc32)c(C(F)(F)F)c1. The third kappa shape index (κ3) is 3.70. The van der Waals surface area contributed by atoms with Crippen LogP contribution in [-0.4, -0.2) is 15.0 Å². The minimum Gasteiger partial charge on any atom is -0.374 e. The Morgan fingerprint density at radius 3 is 2.60 bits per heavy atom. The number of ether oxygens (including phenoxy) is 1. The second-order valence-electron chi connectivity index (χ2n) is 5.75. The van der Waals surface area contributed by atoms with Gasteiger partial charge in [0, 0.05) is 0 Å². The van der Waals surface area contributed by atoms with E-state index < -0.39 is 32.9 Å². The number of benzene rings is 2. The lowest BCUT2D eigenvalue weighted by molar-refractivity contribution is -0.140. The number of aryl methyl sites for hydroxylation is 1. The van der Waals surface area contributed by atoms with E-state index in [1.807, 2.05) is 0 Å². The summed E-state index contributed by atoms with van der Waals surface area (Å²) in [6, 6.07) is 9.92. The van der Waals surface area contributed by atoms with Gasteiger partial charge in [-0.25, -0.2) is 0 Å². The molecule has 0 saturated heterocycles. The number of hydrogen-bond acceptors (Lipinski definition) is 4. The average molecular weight is 372 g/mol. The predicted molar refractivity (Wildman–Crippen MR) is 83.3 cm³/mol. The van der Waals surface area contributed by atoms with Gasteiger partial charge in [0.15, 0.2) is 0 Å². The highest BCUT2D eigenvalue weighted by Crippen LogP contribution is 2.37. The van der Waals surface area contributed by atoms with Crippen LogP contribution >= 0.6 is 0 Å². The number of alkyl halides is 3. The third-order valence-electron chi connectivity index (χ3n) is 3.88. The molecule has 1 unspecified atom stereocenters. The molecule has 1 heterocycles. The summed E-state index contributed by atoms with van der Waals surface area (Å²) in [5, 5.41) is 0. The van der Waals surface area contributed by atoms with Crippen LogP contribution in [0, 0.1) is 6.92 Å². The Kier molecular flexibility index (Phi) is 4.61. The van der Waals surface area contributed by atoms with E-state index in [0.717, 1.165) is 17.7 Å². The topological polar surface area (TPSA) is 52.6 Å². The standard InChI is InChI=1S/C17H15F3O4S/c1-11-6-7-16(14(8-11)17(18,19)20)25(21,22)24-15-10-23-9-12-4-2-3-5-13(12)15/h2-8,15H,9-10H2,1H3. The second-order valence-corrected chi connectivity index (χ2v) is 7.29. The zero-order chi connectivity index (χ0) is 18.2. The maximum absolute atomic E-state index is 13.2. The van der Waals surface area contributed by atoms with Gasteiger partial charge in [0.1, 0.15) is 11.0 Å². The van der Waals surface area contributed by atoms with Crippen LogP contribution in [0.3, 0.4) is 0 Å². The first-order valence-corrected chi connectivity index (χ1v) is 8.86. The molecule has 0 spiro atoms. The van der Waals surface area contributed by atoms with E-state index in [2.05, 4.69) is 0 Å². The van der Waals surface area contributed by atoms with Crippen LogP contribution in [0.15, 0.2) is 47.4 Å². The van der Waals surface area contributed by atoms with Gasteiger partial charge in [0.2, 0.25) is 0 Å². The van der Waals surface area contributed by atoms with Crippen molar-refractivity contribution in [2.75, 3.05) is 6.61 Å². The van der Waals surface area contributed by atoms with Crippen molar-refractivity contribution in [1.82, 2.24) is 0 Å². The Hall–Kier alpha value is -1.90. The fourth-order valence-corrected chi connectivity index (χ4v) is 3.96. The highest BCUT2D eigenvalue weighted by molar-refractivity contribution is 7.86. The van der Waals surface area contributed by atoms with Crippen molar-refractivity contribution in [3.05, 3.63) is 64.7 Å². The van der Waals surface area contributed by atoms with Gasteiger partial charge >= 0.3 is 6.18 Å². The molecule has 0 aromatic heterocycles. The average Bonchev–Trinajstić information content (AvgIpc) is 2.54. The largest absolute Gasteiger partial charge is 0.417 e. The van der Waals surface area contributed by atoms with E-state index >= 15 is 0 Å². The van der Waals surface area contributed by atoms with E-state index in [1.54, 1.807) is 24.3 Å². The zero-order valence-electron chi connectivity index (χ0n) is 13.2. The Labute approximate surface area is 143 Å². The summed E-state index contributed by atoms with van der Waals surface area (Å²) < 4.78 is 75.1. The van der Waals surface area contributed by atoms with Gasteiger partial charge in [-0.05, 0) is 30.2 Å². The van der Waals surface area contributed by atoms with E-state index in [-0.39, 0.29) is 6.61 Å². The summed E-state index contributed by atoms with van der Waals surface area (Å²) in [6.07, 6.45) is -5.80. The van der Waals surface area contributed by atoms with Crippen molar-refractivity contribution in [1.29, 1.82) is 0 Å². The van der Waals surface area contributed by atoms with Gasteiger partial charge in [-0.1, -0.05) is 35.9 Å². The number of halogens is 3. The number of rotatable bonds is 3. The molecule has 4 nitrogen and oxygen atoms in total. The molecule has 2 aromatic rings. The molecule has 0 bridgehead atoms. The quantitative estimate of drug-likeness (QED) is 0.765. The van der Waals surface area contributed by atoms with Crippen molar-refractivity contribution >= 4 is 10.1 Å². The lowest BCUT2D eigenvalue weighted by atomic mass is 10.0. The Bertz CT molecular complexity index is 891. The molecule has 0 aliphatic carbocycles. The molecule has 3 rings (SSSR count). The van der Waals surface area contributed by atoms with Gasteiger partial charge in [-0.3, -0.25) is 4.18 Å². The maximum Gasteiger partial charge on any atom is 0.417 e. The molecule has 0 saturated carbocycles. The van der Waals surface area contributed by atoms with Gasteiger partial charge < -0.3 is 4.74 Å². The number of hydrogen-bond donors (Lipinski definition) is 0. The fourth-order valence-electron chi connectivity index (χ4n) is 2.71. The third-order valence-corrected chi connectivity index (χ3v) is 5.26. The van der Waals surface area contributed by atoms with Gasteiger partial charge in [-0.15, -0.1) is 0 Å². The van der Waals surface area contributed by atoms with Crippen molar-refractivity contribution < 1.29 is 30.5 Å². The second kappa shape index (κ2) is 6.44. The highest BCUT2D eigenvalue weighted by atomic mass is 32.2. The van der Waals surface area contributed by atoms with E-state index in [9.17, 15) is 21.6 Å². The van der Waals surface area contributed by atoms with Gasteiger partial charge in [0.05, 0.1) is 18.8 Å². The van der Waals surface area contributed by atoms with E-state index in [1.165, 1.54) is 13.0 Å². The lowest BCUT2D eigenvalue weighted by Crippen LogP contribution is -2.23. The fraction of sp³-hybridized carbons (Fsp3) is 0.294. The molecule has 134 valence electrons. The molecule has 1 aliphatic heterocycles. The van der Waals surface area contributed by atoms with Crippen molar-refractivity contribution in [3.63, 3.8) is 0 Å². The Morgan fingerprint density at radius 2 is 1.88 bits per heavy atom. The van der Waals surface area contributed by atoms with Gasteiger partial charge in [0.25, 0.3) is 10.1 Å². The van der Waals surface area contributed by atoms with Crippen LogP contribution in [-0.2, 0) is 31.8 Å². The maximum atomic E-state index is 13.2. The van der Waals surface area contributed by atoms with Crippen molar-refractivity contribution in [3.8, 4) is 0 Å².